The molecule has 2 fully saturated rings. The van der Waals surface area contributed by atoms with Crippen molar-refractivity contribution in [2.24, 2.45) is 7.05 Å². The predicted octanol–water partition coefficient (Wildman–Crippen LogP) is 0.416. The summed E-state index contributed by atoms with van der Waals surface area (Å²) in [7, 11) is 3.83. The maximum absolute atomic E-state index is 11.4. The molecule has 0 N–H and O–H groups in total. The van der Waals surface area contributed by atoms with E-state index >= 15 is 0 Å². The molecule has 0 aromatic carbocycles. The molecule has 0 unspecified atom stereocenters. The van der Waals surface area contributed by atoms with E-state index in [4.69, 9.17) is 5.10 Å². The second-order valence-electron chi connectivity index (χ2n) is 7.62. The molecule has 2 aliphatic rings. The highest BCUT2D eigenvalue weighted by Crippen LogP contribution is 2.38. The Morgan fingerprint density at radius 3 is 2.78 bits per heavy atom. The molecule has 0 spiro atoms. The summed E-state index contributed by atoms with van der Waals surface area (Å²) in [6, 6.07) is 4.46. The van der Waals surface area contributed by atoms with Gasteiger partial charge in [0, 0.05) is 56.6 Å². The van der Waals surface area contributed by atoms with Gasteiger partial charge < -0.3 is 9.47 Å². The van der Waals surface area contributed by atoms with Gasteiger partial charge in [0.1, 0.15) is 5.82 Å². The lowest BCUT2D eigenvalue weighted by molar-refractivity contribution is 0.196. The molecular weight excluding hydrogens is 344 g/mol. The highest BCUT2D eigenvalue weighted by Gasteiger charge is 2.33. The summed E-state index contributed by atoms with van der Waals surface area (Å²) in [5.41, 5.74) is 1.63. The fourth-order valence-electron chi connectivity index (χ4n) is 3.55. The molecule has 1 aliphatic carbocycles. The summed E-state index contributed by atoms with van der Waals surface area (Å²) >= 11 is 0. The van der Waals surface area contributed by atoms with E-state index in [0.29, 0.717) is 12.0 Å². The van der Waals surface area contributed by atoms with Crippen LogP contribution in [0.4, 0.5) is 5.82 Å². The third kappa shape index (κ3) is 2.97. The molecule has 5 rings (SSSR count). The normalized spacial score (nSPS) is 17.7. The van der Waals surface area contributed by atoms with Gasteiger partial charge in [-0.25, -0.2) is 9.78 Å². The third-order valence-electron chi connectivity index (χ3n) is 5.46. The van der Waals surface area contributed by atoms with E-state index in [9.17, 15) is 4.79 Å². The number of rotatable bonds is 5. The molecule has 1 aliphatic heterocycles. The summed E-state index contributed by atoms with van der Waals surface area (Å²) < 4.78 is 3.42. The fourth-order valence-corrected chi connectivity index (χ4v) is 3.55. The van der Waals surface area contributed by atoms with Crippen molar-refractivity contribution < 1.29 is 0 Å². The zero-order valence-corrected chi connectivity index (χ0v) is 15.5. The van der Waals surface area contributed by atoms with Crippen molar-refractivity contribution in [2.75, 3.05) is 25.0 Å². The van der Waals surface area contributed by atoms with E-state index in [1.54, 1.807) is 13.2 Å². The summed E-state index contributed by atoms with van der Waals surface area (Å²) in [6.07, 6.45) is 5.88. The van der Waals surface area contributed by atoms with Crippen LogP contribution in [0, 0.1) is 0 Å². The lowest BCUT2D eigenvalue weighted by Gasteiger charge is -2.44. The minimum absolute atomic E-state index is 0.225. The number of anilines is 1. The van der Waals surface area contributed by atoms with Crippen molar-refractivity contribution in [3.63, 3.8) is 0 Å². The fraction of sp³-hybridized carbons (Fsp3) is 0.500. The Hall–Kier alpha value is -2.81. The zero-order valence-electron chi connectivity index (χ0n) is 15.5. The smallest absolute Gasteiger partial charge is 0.347 e. The van der Waals surface area contributed by atoms with E-state index < -0.39 is 0 Å². The van der Waals surface area contributed by atoms with Gasteiger partial charge in [0.25, 0.3) is 0 Å². The van der Waals surface area contributed by atoms with Crippen LogP contribution in [0.2, 0.25) is 0 Å². The van der Waals surface area contributed by atoms with Crippen LogP contribution in [0.1, 0.15) is 30.1 Å². The Bertz CT molecular complexity index is 1050. The summed E-state index contributed by atoms with van der Waals surface area (Å²) in [5.74, 6) is 2.48. The predicted molar refractivity (Wildman–Crippen MR) is 99.7 cm³/mol. The Balaban J connectivity index is 1.26. The van der Waals surface area contributed by atoms with E-state index in [1.807, 2.05) is 22.8 Å². The SMILES string of the molecule is CN(Cc1cnc(=O)n(C)c1)C1CN(c2ccc3nnc(C4CC4)n3n2)C1. The van der Waals surface area contributed by atoms with Crippen LogP contribution < -0.4 is 10.6 Å². The monoisotopic (exact) mass is 366 g/mol. The molecule has 0 atom stereocenters. The summed E-state index contributed by atoms with van der Waals surface area (Å²) in [6.45, 7) is 2.62. The Labute approximate surface area is 156 Å². The van der Waals surface area contributed by atoms with Gasteiger partial charge in [-0.1, -0.05) is 0 Å². The molecule has 27 heavy (non-hydrogen) atoms. The van der Waals surface area contributed by atoms with Gasteiger partial charge in [0.15, 0.2) is 11.5 Å². The Kier molecular flexibility index (Phi) is 3.71. The van der Waals surface area contributed by atoms with Crippen LogP contribution in [0.3, 0.4) is 0 Å². The lowest BCUT2D eigenvalue weighted by atomic mass is 10.1. The van der Waals surface area contributed by atoms with Crippen molar-refractivity contribution in [1.29, 1.82) is 0 Å². The van der Waals surface area contributed by atoms with Crippen molar-refractivity contribution in [2.45, 2.75) is 31.3 Å². The molecule has 0 bridgehead atoms. The van der Waals surface area contributed by atoms with Gasteiger partial charge in [-0.15, -0.1) is 15.3 Å². The molecule has 3 aromatic heterocycles. The van der Waals surface area contributed by atoms with Crippen LogP contribution in [-0.4, -0.2) is 60.4 Å². The maximum Gasteiger partial charge on any atom is 0.347 e. The van der Waals surface area contributed by atoms with Gasteiger partial charge in [0.2, 0.25) is 0 Å². The minimum atomic E-state index is -0.225. The Morgan fingerprint density at radius 1 is 1.22 bits per heavy atom. The second kappa shape index (κ2) is 6.12. The van der Waals surface area contributed by atoms with Crippen molar-refractivity contribution in [1.82, 2.24) is 34.3 Å². The molecule has 3 aromatic rings. The van der Waals surface area contributed by atoms with Gasteiger partial charge in [-0.05, 0) is 32.0 Å². The molecule has 140 valence electrons. The first-order valence-electron chi connectivity index (χ1n) is 9.27. The zero-order chi connectivity index (χ0) is 18.5. The van der Waals surface area contributed by atoms with E-state index in [0.717, 1.165) is 42.5 Å². The summed E-state index contributed by atoms with van der Waals surface area (Å²) in [5, 5.41) is 13.3. The standard InChI is InChI=1S/C18H22N8O/c1-23(8-12-7-19-18(27)24(2)9-12)14-10-25(11-14)16-6-5-15-20-21-17(13-3-4-13)26(15)22-16/h5-7,9,13-14H,3-4,8,10-11H2,1-2H3. The van der Waals surface area contributed by atoms with Crippen LogP contribution in [-0.2, 0) is 13.6 Å². The van der Waals surface area contributed by atoms with Crippen LogP contribution in [0.5, 0.6) is 0 Å². The highest BCUT2D eigenvalue weighted by molar-refractivity contribution is 5.48. The molecule has 0 radical (unpaired) electrons. The Morgan fingerprint density at radius 2 is 2.04 bits per heavy atom. The lowest BCUT2D eigenvalue weighted by Crippen LogP contribution is -2.58. The molecule has 9 heteroatoms. The number of likely N-dealkylation sites (N-methyl/N-ethyl adjacent to an activating group) is 1. The van der Waals surface area contributed by atoms with E-state index in [-0.39, 0.29) is 5.69 Å². The summed E-state index contributed by atoms with van der Waals surface area (Å²) in [4.78, 5) is 19.9. The quantitative estimate of drug-likeness (QED) is 0.647. The number of nitrogens with zero attached hydrogens (tertiary/aromatic N) is 8. The van der Waals surface area contributed by atoms with Crippen molar-refractivity contribution in [3.05, 3.63) is 46.4 Å². The number of fused-ring (bicyclic) bond motifs is 1. The molecule has 1 saturated carbocycles. The third-order valence-corrected chi connectivity index (χ3v) is 5.46. The van der Waals surface area contributed by atoms with E-state index in [2.05, 4.69) is 32.0 Å². The molecule has 0 amide bonds. The first-order valence-corrected chi connectivity index (χ1v) is 9.27. The second-order valence-corrected chi connectivity index (χ2v) is 7.62. The van der Waals surface area contributed by atoms with Crippen molar-refractivity contribution >= 4 is 11.5 Å². The topological polar surface area (TPSA) is 84.5 Å². The molecule has 9 nitrogen and oxygen atoms in total. The first-order chi connectivity index (χ1) is 13.1. The van der Waals surface area contributed by atoms with Crippen LogP contribution in [0.25, 0.3) is 5.65 Å². The van der Waals surface area contributed by atoms with Crippen LogP contribution in [0.15, 0.2) is 29.3 Å². The first kappa shape index (κ1) is 16.4. The van der Waals surface area contributed by atoms with Gasteiger partial charge >= 0.3 is 5.69 Å². The van der Waals surface area contributed by atoms with Gasteiger partial charge in [-0.3, -0.25) is 4.90 Å². The van der Waals surface area contributed by atoms with Crippen molar-refractivity contribution in [3.8, 4) is 0 Å². The van der Waals surface area contributed by atoms with E-state index in [1.165, 1.54) is 17.4 Å². The number of hydrogen-bond donors (Lipinski definition) is 0. The maximum atomic E-state index is 11.4. The number of aryl methyl sites for hydroxylation is 1. The molecule has 1 saturated heterocycles. The average molecular weight is 366 g/mol. The van der Waals surface area contributed by atoms with Crippen LogP contribution >= 0.6 is 0 Å². The van der Waals surface area contributed by atoms with Gasteiger partial charge in [-0.2, -0.15) is 4.52 Å². The average Bonchev–Trinajstić information content (AvgIpc) is 3.36. The minimum Gasteiger partial charge on any atom is -0.352 e. The molecule has 4 heterocycles. The highest BCUT2D eigenvalue weighted by atomic mass is 16.1. The number of aromatic nitrogens is 6. The van der Waals surface area contributed by atoms with Gasteiger partial charge in [0.05, 0.1) is 0 Å². The molecular formula is C18H22N8O. The largest absolute Gasteiger partial charge is 0.352 e. The number of hydrogen-bond acceptors (Lipinski definition) is 7.